The molecule has 0 saturated carbocycles. The number of aliphatic carboxylic acids is 1. The van der Waals surface area contributed by atoms with Crippen LogP contribution < -0.4 is 4.74 Å². The van der Waals surface area contributed by atoms with Crippen LogP contribution in [0.3, 0.4) is 0 Å². The summed E-state index contributed by atoms with van der Waals surface area (Å²) in [6, 6.07) is 7.35. The van der Waals surface area contributed by atoms with Crippen LogP contribution in [-0.4, -0.2) is 28.2 Å². The van der Waals surface area contributed by atoms with Gasteiger partial charge in [0.25, 0.3) is 0 Å². The second-order valence-electron chi connectivity index (χ2n) is 3.71. The third kappa shape index (κ3) is 2.82. The number of nitrogens with zero attached hydrogens (tertiary/aromatic N) is 2. The summed E-state index contributed by atoms with van der Waals surface area (Å²) < 4.78 is 5.06. The molecule has 1 heterocycles. The number of carboxylic acid groups (broad SMARTS) is 1. The number of aromatic nitrogens is 2. The molecule has 0 spiro atoms. The Morgan fingerprint density at radius 1 is 1.22 bits per heavy atom. The van der Waals surface area contributed by atoms with Gasteiger partial charge >= 0.3 is 5.97 Å². The van der Waals surface area contributed by atoms with E-state index in [1.54, 1.807) is 7.11 Å². The van der Waals surface area contributed by atoms with Crippen molar-refractivity contribution < 1.29 is 14.6 Å². The number of methoxy groups -OCH3 is 1. The minimum atomic E-state index is -0.893. The van der Waals surface area contributed by atoms with E-state index in [1.165, 1.54) is 12.4 Å². The van der Waals surface area contributed by atoms with Gasteiger partial charge in [-0.3, -0.25) is 4.79 Å². The van der Waals surface area contributed by atoms with Crippen LogP contribution in [0.4, 0.5) is 0 Å². The lowest BCUT2D eigenvalue weighted by atomic mass is 10.2. The normalized spacial score (nSPS) is 10.1. The molecule has 92 valence electrons. The van der Waals surface area contributed by atoms with E-state index >= 15 is 0 Å². The van der Waals surface area contributed by atoms with Gasteiger partial charge in [0.1, 0.15) is 5.75 Å². The first-order valence-corrected chi connectivity index (χ1v) is 5.36. The Balaban J connectivity index is 2.20. The highest BCUT2D eigenvalue weighted by molar-refractivity contribution is 5.70. The van der Waals surface area contributed by atoms with Crippen molar-refractivity contribution in [3.05, 3.63) is 42.2 Å². The van der Waals surface area contributed by atoms with Crippen molar-refractivity contribution in [2.24, 2.45) is 0 Å². The first-order chi connectivity index (χ1) is 8.69. The van der Waals surface area contributed by atoms with Crippen molar-refractivity contribution in [3.63, 3.8) is 0 Å². The molecule has 0 bridgehead atoms. The summed E-state index contributed by atoms with van der Waals surface area (Å²) in [6.45, 7) is 0. The molecular weight excluding hydrogens is 232 g/mol. The summed E-state index contributed by atoms with van der Waals surface area (Å²) >= 11 is 0. The van der Waals surface area contributed by atoms with E-state index in [-0.39, 0.29) is 6.42 Å². The average molecular weight is 244 g/mol. The predicted molar refractivity (Wildman–Crippen MR) is 65.4 cm³/mol. The van der Waals surface area contributed by atoms with Crippen molar-refractivity contribution in [1.82, 2.24) is 9.97 Å². The van der Waals surface area contributed by atoms with Gasteiger partial charge in [-0.2, -0.15) is 0 Å². The molecule has 0 amide bonds. The molecule has 0 unspecified atom stereocenters. The lowest BCUT2D eigenvalue weighted by Gasteiger charge is -2.03. The number of carbonyl (C=O) groups is 1. The van der Waals surface area contributed by atoms with E-state index in [9.17, 15) is 4.79 Å². The minimum absolute atomic E-state index is 0.0666. The Labute approximate surface area is 104 Å². The summed E-state index contributed by atoms with van der Waals surface area (Å²) in [5.41, 5.74) is 1.44. The Morgan fingerprint density at radius 2 is 1.83 bits per heavy atom. The SMILES string of the molecule is COc1ccc(-c2ncc(CC(=O)O)cn2)cc1. The predicted octanol–water partition coefficient (Wildman–Crippen LogP) is 1.78. The number of hydrogen-bond donors (Lipinski definition) is 1. The quantitative estimate of drug-likeness (QED) is 0.887. The third-order valence-electron chi connectivity index (χ3n) is 2.41. The van der Waals surface area contributed by atoms with Gasteiger partial charge in [-0.05, 0) is 29.8 Å². The van der Waals surface area contributed by atoms with Crippen molar-refractivity contribution in [1.29, 1.82) is 0 Å². The molecule has 0 saturated heterocycles. The lowest BCUT2D eigenvalue weighted by Crippen LogP contribution is -2.01. The highest BCUT2D eigenvalue weighted by atomic mass is 16.5. The molecule has 0 aliphatic carbocycles. The van der Waals surface area contributed by atoms with Crippen LogP contribution in [0.1, 0.15) is 5.56 Å². The smallest absolute Gasteiger partial charge is 0.307 e. The Kier molecular flexibility index (Phi) is 3.52. The number of hydrogen-bond acceptors (Lipinski definition) is 4. The van der Waals surface area contributed by atoms with E-state index < -0.39 is 5.97 Å². The Morgan fingerprint density at radius 3 is 2.33 bits per heavy atom. The maximum Gasteiger partial charge on any atom is 0.307 e. The molecule has 0 aliphatic heterocycles. The molecular formula is C13H12N2O3. The largest absolute Gasteiger partial charge is 0.497 e. The molecule has 2 aromatic rings. The molecule has 1 aromatic carbocycles. The fourth-order valence-corrected chi connectivity index (χ4v) is 1.51. The van der Waals surface area contributed by atoms with Gasteiger partial charge in [0, 0.05) is 18.0 Å². The molecule has 5 nitrogen and oxygen atoms in total. The topological polar surface area (TPSA) is 72.3 Å². The number of ether oxygens (including phenoxy) is 1. The molecule has 0 fully saturated rings. The van der Waals surface area contributed by atoms with Crippen molar-refractivity contribution in [2.75, 3.05) is 7.11 Å². The average Bonchev–Trinajstić information content (AvgIpc) is 2.39. The summed E-state index contributed by atoms with van der Waals surface area (Å²) in [7, 11) is 1.60. The zero-order valence-corrected chi connectivity index (χ0v) is 9.83. The van der Waals surface area contributed by atoms with Crippen LogP contribution in [0.2, 0.25) is 0 Å². The monoisotopic (exact) mass is 244 g/mol. The number of benzene rings is 1. The van der Waals surface area contributed by atoms with E-state index in [0.29, 0.717) is 11.4 Å². The van der Waals surface area contributed by atoms with Gasteiger partial charge in [-0.1, -0.05) is 0 Å². The zero-order valence-electron chi connectivity index (χ0n) is 9.83. The fourth-order valence-electron chi connectivity index (χ4n) is 1.51. The highest BCUT2D eigenvalue weighted by Gasteiger charge is 2.04. The Bertz CT molecular complexity index is 535. The summed E-state index contributed by atoms with van der Waals surface area (Å²) in [4.78, 5) is 18.8. The molecule has 5 heteroatoms. The van der Waals surface area contributed by atoms with Gasteiger partial charge in [-0.15, -0.1) is 0 Å². The van der Waals surface area contributed by atoms with Gasteiger partial charge in [0.2, 0.25) is 0 Å². The maximum atomic E-state index is 10.5. The lowest BCUT2D eigenvalue weighted by molar-refractivity contribution is -0.136. The van der Waals surface area contributed by atoms with Gasteiger partial charge in [0.15, 0.2) is 5.82 Å². The maximum absolute atomic E-state index is 10.5. The van der Waals surface area contributed by atoms with Crippen LogP contribution in [0, 0.1) is 0 Å². The molecule has 0 aliphatic rings. The van der Waals surface area contributed by atoms with Crippen molar-refractivity contribution >= 4 is 5.97 Å². The van der Waals surface area contributed by atoms with Crippen LogP contribution in [-0.2, 0) is 11.2 Å². The molecule has 18 heavy (non-hydrogen) atoms. The first kappa shape index (κ1) is 12.0. The van der Waals surface area contributed by atoms with Crippen LogP contribution in [0.15, 0.2) is 36.7 Å². The van der Waals surface area contributed by atoms with E-state index in [1.807, 2.05) is 24.3 Å². The van der Waals surface area contributed by atoms with Gasteiger partial charge in [-0.25, -0.2) is 9.97 Å². The standard InChI is InChI=1S/C13H12N2O3/c1-18-11-4-2-10(3-5-11)13-14-7-9(8-15-13)6-12(16)17/h2-5,7-8H,6H2,1H3,(H,16,17). The summed E-state index contributed by atoms with van der Waals surface area (Å²) in [5.74, 6) is 0.434. The molecule has 1 aromatic heterocycles. The molecule has 0 atom stereocenters. The van der Waals surface area contributed by atoms with Crippen molar-refractivity contribution in [2.45, 2.75) is 6.42 Å². The Hall–Kier alpha value is -2.43. The van der Waals surface area contributed by atoms with Crippen LogP contribution in [0.25, 0.3) is 11.4 Å². The van der Waals surface area contributed by atoms with Crippen molar-refractivity contribution in [3.8, 4) is 17.1 Å². The second kappa shape index (κ2) is 5.27. The second-order valence-corrected chi connectivity index (χ2v) is 3.71. The number of rotatable bonds is 4. The number of carboxylic acids is 1. The zero-order chi connectivity index (χ0) is 13.0. The summed E-state index contributed by atoms with van der Waals surface area (Å²) in [5, 5.41) is 8.64. The molecule has 0 radical (unpaired) electrons. The first-order valence-electron chi connectivity index (χ1n) is 5.36. The third-order valence-corrected chi connectivity index (χ3v) is 2.41. The van der Waals surface area contributed by atoms with Crippen LogP contribution >= 0.6 is 0 Å². The highest BCUT2D eigenvalue weighted by Crippen LogP contribution is 2.18. The minimum Gasteiger partial charge on any atom is -0.497 e. The van der Waals surface area contributed by atoms with E-state index in [0.717, 1.165) is 11.3 Å². The van der Waals surface area contributed by atoms with Gasteiger partial charge in [0.05, 0.1) is 13.5 Å². The van der Waals surface area contributed by atoms with E-state index in [4.69, 9.17) is 9.84 Å². The van der Waals surface area contributed by atoms with E-state index in [2.05, 4.69) is 9.97 Å². The molecule has 1 N–H and O–H groups in total. The van der Waals surface area contributed by atoms with Crippen LogP contribution in [0.5, 0.6) is 5.75 Å². The van der Waals surface area contributed by atoms with Gasteiger partial charge < -0.3 is 9.84 Å². The summed E-state index contributed by atoms with van der Waals surface area (Å²) in [6.07, 6.45) is 2.99. The fraction of sp³-hybridized carbons (Fsp3) is 0.154. The molecule has 2 rings (SSSR count).